The van der Waals surface area contributed by atoms with Crippen molar-refractivity contribution in [2.24, 2.45) is 0 Å². The van der Waals surface area contributed by atoms with E-state index >= 15 is 0 Å². The van der Waals surface area contributed by atoms with E-state index in [1.54, 1.807) is 41.1 Å². The van der Waals surface area contributed by atoms with Gasteiger partial charge in [-0.05, 0) is 38.1 Å². The van der Waals surface area contributed by atoms with Gasteiger partial charge in [0.1, 0.15) is 5.82 Å². The number of para-hydroxylation sites is 1. The molecule has 0 unspecified atom stereocenters. The van der Waals surface area contributed by atoms with Gasteiger partial charge < -0.3 is 0 Å². The van der Waals surface area contributed by atoms with Crippen LogP contribution in [-0.4, -0.2) is 24.6 Å². The monoisotopic (exact) mass is 319 g/mol. The highest BCUT2D eigenvalue weighted by molar-refractivity contribution is 5.81. The molecule has 0 aliphatic heterocycles. The summed E-state index contributed by atoms with van der Waals surface area (Å²) >= 11 is 0. The maximum atomic E-state index is 14.1. The zero-order valence-electron chi connectivity index (χ0n) is 13.2. The van der Waals surface area contributed by atoms with E-state index in [0.29, 0.717) is 28.1 Å². The summed E-state index contributed by atoms with van der Waals surface area (Å²) in [4.78, 5) is 13.2. The van der Waals surface area contributed by atoms with Gasteiger partial charge in [-0.15, -0.1) is 5.10 Å². The summed E-state index contributed by atoms with van der Waals surface area (Å²) in [6, 6.07) is 8.55. The molecule has 0 fully saturated rings. The molecule has 0 aliphatic carbocycles. The molecule has 3 aromatic heterocycles. The van der Waals surface area contributed by atoms with Crippen molar-refractivity contribution < 1.29 is 4.39 Å². The number of hydrogen-bond acceptors (Lipinski definition) is 4. The van der Waals surface area contributed by atoms with Crippen LogP contribution < -0.4 is 0 Å². The Labute approximate surface area is 137 Å². The SMILES string of the molecule is Cc1ncc(C)n2nc(/C=C/c3cc(F)c4ccccc4n3)nc12. The first-order chi connectivity index (χ1) is 11.6. The van der Waals surface area contributed by atoms with Gasteiger partial charge in [0.15, 0.2) is 11.5 Å². The van der Waals surface area contributed by atoms with E-state index in [0.717, 1.165) is 11.4 Å². The zero-order chi connectivity index (χ0) is 16.7. The van der Waals surface area contributed by atoms with Gasteiger partial charge in [-0.25, -0.2) is 18.9 Å². The fraction of sp³-hybridized carbons (Fsp3) is 0.111. The van der Waals surface area contributed by atoms with Gasteiger partial charge in [0.25, 0.3) is 0 Å². The van der Waals surface area contributed by atoms with E-state index in [9.17, 15) is 4.39 Å². The Kier molecular flexibility index (Phi) is 3.30. The predicted octanol–water partition coefficient (Wildman–Crippen LogP) is 3.60. The van der Waals surface area contributed by atoms with Crippen molar-refractivity contribution in [3.63, 3.8) is 0 Å². The molecular weight excluding hydrogens is 305 g/mol. The second-order valence-electron chi connectivity index (χ2n) is 5.57. The average molecular weight is 319 g/mol. The lowest BCUT2D eigenvalue weighted by Crippen LogP contribution is -1.97. The number of halogens is 1. The number of aromatic nitrogens is 5. The first kappa shape index (κ1) is 14.4. The molecule has 24 heavy (non-hydrogen) atoms. The van der Waals surface area contributed by atoms with Crippen molar-refractivity contribution in [3.8, 4) is 0 Å². The smallest absolute Gasteiger partial charge is 0.177 e. The third-order valence-electron chi connectivity index (χ3n) is 3.81. The first-order valence-electron chi connectivity index (χ1n) is 7.54. The summed E-state index contributed by atoms with van der Waals surface area (Å²) in [6.45, 7) is 3.80. The van der Waals surface area contributed by atoms with Crippen LogP contribution in [0.3, 0.4) is 0 Å². The van der Waals surface area contributed by atoms with E-state index in [1.807, 2.05) is 19.9 Å². The minimum absolute atomic E-state index is 0.293. The maximum absolute atomic E-state index is 14.1. The molecule has 0 spiro atoms. The fourth-order valence-electron chi connectivity index (χ4n) is 2.58. The summed E-state index contributed by atoms with van der Waals surface area (Å²) in [5.74, 6) is 0.240. The Hall–Kier alpha value is -3.15. The number of pyridine rings is 1. The molecule has 1 aromatic carbocycles. The van der Waals surface area contributed by atoms with Crippen molar-refractivity contribution in [2.45, 2.75) is 13.8 Å². The van der Waals surface area contributed by atoms with Crippen molar-refractivity contribution in [3.05, 3.63) is 65.3 Å². The minimum Gasteiger partial charge on any atom is -0.256 e. The van der Waals surface area contributed by atoms with Crippen LogP contribution in [0.15, 0.2) is 36.5 Å². The molecule has 0 amide bonds. The molecule has 4 aromatic rings. The van der Waals surface area contributed by atoms with Gasteiger partial charge in [0.05, 0.1) is 22.6 Å². The molecule has 0 saturated carbocycles. The molecule has 0 N–H and O–H groups in total. The maximum Gasteiger partial charge on any atom is 0.177 e. The van der Waals surface area contributed by atoms with Crippen LogP contribution in [-0.2, 0) is 0 Å². The average Bonchev–Trinajstić information content (AvgIpc) is 3.02. The van der Waals surface area contributed by atoms with Crippen molar-refractivity contribution in [2.75, 3.05) is 0 Å². The number of fused-ring (bicyclic) bond motifs is 2. The lowest BCUT2D eigenvalue weighted by Gasteiger charge is -2.00. The highest BCUT2D eigenvalue weighted by Crippen LogP contribution is 2.18. The van der Waals surface area contributed by atoms with Gasteiger partial charge in [-0.1, -0.05) is 12.1 Å². The van der Waals surface area contributed by atoms with Crippen LogP contribution in [0.25, 0.3) is 28.7 Å². The predicted molar refractivity (Wildman–Crippen MR) is 90.9 cm³/mol. The third-order valence-corrected chi connectivity index (χ3v) is 3.81. The lowest BCUT2D eigenvalue weighted by atomic mass is 10.2. The number of hydrogen-bond donors (Lipinski definition) is 0. The van der Waals surface area contributed by atoms with Crippen LogP contribution in [0.4, 0.5) is 4.39 Å². The Balaban J connectivity index is 1.75. The number of rotatable bonds is 2. The molecule has 0 saturated heterocycles. The summed E-state index contributed by atoms with van der Waals surface area (Å²) < 4.78 is 15.9. The Morgan fingerprint density at radius 1 is 1.08 bits per heavy atom. The van der Waals surface area contributed by atoms with Gasteiger partial charge in [-0.2, -0.15) is 0 Å². The standard InChI is InChI=1S/C18H14FN5/c1-11-10-20-12(2)18-22-17(23-24(11)18)8-7-13-9-15(19)14-5-3-4-6-16(14)21-13/h3-10H,1-2H3/b8-7+. The summed E-state index contributed by atoms with van der Waals surface area (Å²) in [5.41, 5.74) is 3.57. The second-order valence-corrected chi connectivity index (χ2v) is 5.57. The van der Waals surface area contributed by atoms with E-state index in [1.165, 1.54) is 6.07 Å². The molecule has 118 valence electrons. The molecule has 3 heterocycles. The number of benzene rings is 1. The van der Waals surface area contributed by atoms with E-state index in [4.69, 9.17) is 0 Å². The summed E-state index contributed by atoms with van der Waals surface area (Å²) in [7, 11) is 0. The molecular formula is C18H14FN5. The van der Waals surface area contributed by atoms with E-state index in [-0.39, 0.29) is 5.82 Å². The molecule has 4 rings (SSSR count). The van der Waals surface area contributed by atoms with Crippen molar-refractivity contribution in [1.29, 1.82) is 0 Å². The van der Waals surface area contributed by atoms with Crippen LogP contribution in [0.2, 0.25) is 0 Å². The largest absolute Gasteiger partial charge is 0.256 e. The Morgan fingerprint density at radius 3 is 2.75 bits per heavy atom. The third kappa shape index (κ3) is 2.42. The molecule has 6 heteroatoms. The quantitative estimate of drug-likeness (QED) is 0.566. The van der Waals surface area contributed by atoms with Crippen LogP contribution >= 0.6 is 0 Å². The van der Waals surface area contributed by atoms with E-state index in [2.05, 4.69) is 20.1 Å². The topological polar surface area (TPSA) is 56.0 Å². The van der Waals surface area contributed by atoms with E-state index < -0.39 is 0 Å². The van der Waals surface area contributed by atoms with Gasteiger partial charge in [0, 0.05) is 17.6 Å². The lowest BCUT2D eigenvalue weighted by molar-refractivity contribution is 0.638. The van der Waals surface area contributed by atoms with Gasteiger partial charge in [0.2, 0.25) is 0 Å². The van der Waals surface area contributed by atoms with Crippen molar-refractivity contribution in [1.82, 2.24) is 24.6 Å². The molecule has 0 radical (unpaired) electrons. The number of nitrogens with zero attached hydrogens (tertiary/aromatic N) is 5. The van der Waals surface area contributed by atoms with Crippen LogP contribution in [0.1, 0.15) is 22.9 Å². The zero-order valence-corrected chi connectivity index (χ0v) is 13.2. The molecule has 0 aliphatic rings. The Morgan fingerprint density at radius 2 is 1.92 bits per heavy atom. The first-order valence-corrected chi connectivity index (χ1v) is 7.54. The second kappa shape index (κ2) is 5.49. The van der Waals surface area contributed by atoms with Gasteiger partial charge in [-0.3, -0.25) is 4.98 Å². The summed E-state index contributed by atoms with van der Waals surface area (Å²) in [6.07, 6.45) is 5.19. The summed E-state index contributed by atoms with van der Waals surface area (Å²) in [5, 5.41) is 4.94. The molecule has 5 nitrogen and oxygen atoms in total. The number of aryl methyl sites for hydroxylation is 2. The van der Waals surface area contributed by atoms with Crippen molar-refractivity contribution >= 4 is 28.7 Å². The normalized spacial score (nSPS) is 11.8. The van der Waals surface area contributed by atoms with Crippen LogP contribution in [0, 0.1) is 19.7 Å². The minimum atomic E-state index is -0.293. The molecule has 0 bridgehead atoms. The van der Waals surface area contributed by atoms with Crippen LogP contribution in [0.5, 0.6) is 0 Å². The Bertz CT molecular complexity index is 1060. The molecule has 0 atom stereocenters. The van der Waals surface area contributed by atoms with Gasteiger partial charge >= 0.3 is 0 Å². The fourth-order valence-corrected chi connectivity index (χ4v) is 2.58. The highest BCUT2D eigenvalue weighted by atomic mass is 19.1. The highest BCUT2D eigenvalue weighted by Gasteiger charge is 2.07.